The van der Waals surface area contributed by atoms with Gasteiger partial charge in [0.15, 0.2) is 11.5 Å². The number of aromatic amines is 1. The molecule has 3 aromatic rings. The van der Waals surface area contributed by atoms with Crippen LogP contribution in [0.25, 0.3) is 16.8 Å². The highest BCUT2D eigenvalue weighted by Gasteiger charge is 2.20. The highest BCUT2D eigenvalue weighted by Crippen LogP contribution is 2.35. The van der Waals surface area contributed by atoms with Gasteiger partial charge in [0.1, 0.15) is 0 Å². The van der Waals surface area contributed by atoms with E-state index in [1.807, 2.05) is 0 Å². The Bertz CT molecular complexity index is 974. The van der Waals surface area contributed by atoms with E-state index >= 15 is 0 Å². The van der Waals surface area contributed by atoms with Crippen molar-refractivity contribution >= 4 is 22.8 Å². The summed E-state index contributed by atoms with van der Waals surface area (Å²) in [4.78, 5) is 32.0. The van der Waals surface area contributed by atoms with Crippen molar-refractivity contribution in [1.82, 2.24) is 19.6 Å². The quantitative estimate of drug-likeness (QED) is 0.686. The number of rotatable bonds is 2. The number of nitrogens with one attached hydrogen (secondary N) is 1. The van der Waals surface area contributed by atoms with Gasteiger partial charge in [-0.3, -0.25) is 9.89 Å². The third kappa shape index (κ3) is 1.72. The van der Waals surface area contributed by atoms with Crippen LogP contribution in [-0.2, 0) is 4.74 Å². The molecule has 0 unspecified atom stereocenters. The van der Waals surface area contributed by atoms with E-state index in [2.05, 4.69) is 15.1 Å². The smallest absolute Gasteiger partial charge is 0.362 e. The van der Waals surface area contributed by atoms with Crippen LogP contribution >= 0.6 is 0 Å². The zero-order valence-electron chi connectivity index (χ0n) is 11.5. The van der Waals surface area contributed by atoms with E-state index in [9.17, 15) is 9.59 Å². The first-order chi connectivity index (χ1) is 10.7. The minimum absolute atomic E-state index is 0.145. The van der Waals surface area contributed by atoms with Gasteiger partial charge in [-0.2, -0.15) is 4.98 Å². The highest BCUT2D eigenvalue weighted by atomic mass is 16.7. The van der Waals surface area contributed by atoms with Crippen LogP contribution in [0.1, 0.15) is 17.4 Å². The zero-order chi connectivity index (χ0) is 15.3. The van der Waals surface area contributed by atoms with Crippen molar-refractivity contribution in [2.45, 2.75) is 6.92 Å². The molecule has 0 aliphatic carbocycles. The first-order valence-electron chi connectivity index (χ1n) is 6.56. The maximum atomic E-state index is 12.0. The molecule has 22 heavy (non-hydrogen) atoms. The van der Waals surface area contributed by atoms with Crippen molar-refractivity contribution in [3.63, 3.8) is 0 Å². The number of fused-ring (bicyclic) bond motifs is 4. The van der Waals surface area contributed by atoms with Gasteiger partial charge in [0.25, 0.3) is 11.3 Å². The fourth-order valence-corrected chi connectivity index (χ4v) is 2.28. The predicted molar refractivity (Wildman–Crippen MR) is 73.2 cm³/mol. The molecule has 0 saturated carbocycles. The van der Waals surface area contributed by atoms with Crippen LogP contribution in [0.15, 0.2) is 16.9 Å². The molecule has 0 atom stereocenters. The van der Waals surface area contributed by atoms with Gasteiger partial charge in [-0.15, -0.1) is 0 Å². The molecule has 0 spiro atoms. The Morgan fingerprint density at radius 3 is 2.91 bits per heavy atom. The second-order valence-electron chi connectivity index (χ2n) is 4.56. The standard InChI is InChI=1S/C13H10N4O5/c1-2-20-12(19)10-11(18)16-17-7-4-9-8(21-5-22-9)3-6(7)14-13(17)15-10/h3-4H,2,5H2,1H3,(H,16,18). The van der Waals surface area contributed by atoms with Gasteiger partial charge in [-0.05, 0) is 6.92 Å². The van der Waals surface area contributed by atoms with Gasteiger partial charge in [0.2, 0.25) is 12.5 Å². The monoisotopic (exact) mass is 302 g/mol. The number of hydrogen-bond donors (Lipinski definition) is 1. The number of carbonyl (C=O) groups excluding carboxylic acids is 1. The maximum absolute atomic E-state index is 12.0. The average molecular weight is 302 g/mol. The van der Waals surface area contributed by atoms with Gasteiger partial charge in [0.05, 0.1) is 17.6 Å². The molecule has 3 heterocycles. The molecule has 9 heteroatoms. The Labute approximate surface area is 122 Å². The summed E-state index contributed by atoms with van der Waals surface area (Å²) < 4.78 is 16.8. The summed E-state index contributed by atoms with van der Waals surface area (Å²) in [6, 6.07) is 3.38. The number of ether oxygens (including phenoxy) is 3. The third-order valence-corrected chi connectivity index (χ3v) is 3.24. The lowest BCUT2D eigenvalue weighted by atomic mass is 10.3. The Kier molecular flexibility index (Phi) is 2.55. The summed E-state index contributed by atoms with van der Waals surface area (Å²) in [5.74, 6) is 0.530. The van der Waals surface area contributed by atoms with Crippen molar-refractivity contribution < 1.29 is 19.0 Å². The largest absolute Gasteiger partial charge is 0.461 e. The SMILES string of the molecule is CCOC(=O)c1nc2nc3cc4c(cc3n2[nH]c1=O)OCO4. The minimum Gasteiger partial charge on any atom is -0.461 e. The molecular formula is C13H10N4O5. The van der Waals surface area contributed by atoms with Gasteiger partial charge >= 0.3 is 5.97 Å². The number of carbonyl (C=O) groups is 1. The summed E-state index contributed by atoms with van der Waals surface area (Å²) in [6.45, 7) is 1.95. The topological polar surface area (TPSA) is 108 Å². The molecule has 1 aliphatic heterocycles. The van der Waals surface area contributed by atoms with E-state index in [1.165, 1.54) is 4.52 Å². The lowest BCUT2D eigenvalue weighted by Crippen LogP contribution is -2.24. The van der Waals surface area contributed by atoms with Crippen molar-refractivity contribution in [2.75, 3.05) is 13.4 Å². The van der Waals surface area contributed by atoms with Crippen LogP contribution in [0.2, 0.25) is 0 Å². The van der Waals surface area contributed by atoms with Crippen LogP contribution in [-0.4, -0.2) is 39.0 Å². The van der Waals surface area contributed by atoms with Crippen molar-refractivity contribution in [2.24, 2.45) is 0 Å². The van der Waals surface area contributed by atoms with Crippen LogP contribution in [0.5, 0.6) is 11.5 Å². The van der Waals surface area contributed by atoms with Crippen molar-refractivity contribution in [3.05, 3.63) is 28.2 Å². The number of H-pyrrole nitrogens is 1. The minimum atomic E-state index is -0.785. The summed E-state index contributed by atoms with van der Waals surface area (Å²) in [7, 11) is 0. The molecule has 1 aromatic carbocycles. The Hall–Kier alpha value is -3.10. The molecule has 1 aliphatic rings. The van der Waals surface area contributed by atoms with Crippen molar-refractivity contribution in [3.8, 4) is 11.5 Å². The summed E-state index contributed by atoms with van der Waals surface area (Å²) >= 11 is 0. The molecule has 0 bridgehead atoms. The fourth-order valence-electron chi connectivity index (χ4n) is 2.28. The fraction of sp³-hybridized carbons (Fsp3) is 0.231. The van der Waals surface area contributed by atoms with E-state index in [-0.39, 0.29) is 24.9 Å². The first-order valence-corrected chi connectivity index (χ1v) is 6.56. The van der Waals surface area contributed by atoms with E-state index in [1.54, 1.807) is 19.1 Å². The summed E-state index contributed by atoms with van der Waals surface area (Å²) in [5, 5.41) is 2.55. The lowest BCUT2D eigenvalue weighted by molar-refractivity contribution is 0.0517. The van der Waals surface area contributed by atoms with Crippen LogP contribution in [0.3, 0.4) is 0 Å². The van der Waals surface area contributed by atoms with Gasteiger partial charge in [0, 0.05) is 12.1 Å². The lowest BCUT2D eigenvalue weighted by Gasteiger charge is -2.01. The highest BCUT2D eigenvalue weighted by molar-refractivity contribution is 5.88. The van der Waals surface area contributed by atoms with Crippen molar-refractivity contribution in [1.29, 1.82) is 0 Å². The Morgan fingerprint density at radius 2 is 2.14 bits per heavy atom. The zero-order valence-corrected chi connectivity index (χ0v) is 11.5. The number of aromatic nitrogens is 4. The second-order valence-corrected chi connectivity index (χ2v) is 4.56. The molecule has 4 rings (SSSR count). The maximum Gasteiger partial charge on any atom is 0.362 e. The van der Waals surface area contributed by atoms with Gasteiger partial charge in [-0.25, -0.2) is 14.3 Å². The number of nitrogens with zero attached hydrogens (tertiary/aromatic N) is 3. The Morgan fingerprint density at radius 1 is 1.36 bits per heavy atom. The molecule has 2 aromatic heterocycles. The predicted octanol–water partition coefficient (Wildman–Crippen LogP) is 0.476. The average Bonchev–Trinajstić information content (AvgIpc) is 3.07. The van der Waals surface area contributed by atoms with E-state index in [0.717, 1.165) is 0 Å². The molecule has 112 valence electrons. The molecule has 1 N–H and O–H groups in total. The van der Waals surface area contributed by atoms with E-state index < -0.39 is 11.5 Å². The summed E-state index contributed by atoms with van der Waals surface area (Å²) in [6.07, 6.45) is 0. The number of hydrogen-bond acceptors (Lipinski definition) is 7. The van der Waals surface area contributed by atoms with Gasteiger partial charge < -0.3 is 14.2 Å². The van der Waals surface area contributed by atoms with Crippen LogP contribution in [0, 0.1) is 0 Å². The van der Waals surface area contributed by atoms with E-state index in [4.69, 9.17) is 14.2 Å². The molecule has 9 nitrogen and oxygen atoms in total. The molecular weight excluding hydrogens is 292 g/mol. The molecule has 0 saturated heterocycles. The van der Waals surface area contributed by atoms with Gasteiger partial charge in [-0.1, -0.05) is 0 Å². The molecule has 0 amide bonds. The number of benzene rings is 1. The van der Waals surface area contributed by atoms with Crippen LogP contribution < -0.4 is 15.0 Å². The normalized spacial score (nSPS) is 13.0. The number of imidazole rings is 1. The van der Waals surface area contributed by atoms with Crippen LogP contribution in [0.4, 0.5) is 0 Å². The van der Waals surface area contributed by atoms with E-state index in [0.29, 0.717) is 22.5 Å². The summed E-state index contributed by atoms with van der Waals surface area (Å²) in [5.41, 5.74) is 0.181. The number of esters is 1. The second kappa shape index (κ2) is 4.45. The first kappa shape index (κ1) is 12.6. The molecule has 0 fully saturated rings. The Balaban J connectivity index is 1.97. The third-order valence-electron chi connectivity index (χ3n) is 3.24. The molecule has 0 radical (unpaired) electrons.